The predicted molar refractivity (Wildman–Crippen MR) is 63.1 cm³/mol. The summed E-state index contributed by atoms with van der Waals surface area (Å²) in [4.78, 5) is 11.6. The standard InChI is InChI=1S/C13H23NO2/c1-2-16-13(15)12-8-11(9-14-12)10-6-4-3-5-7-10/h10-12,14H,2-9H2,1H3. The predicted octanol–water partition coefficient (Wildman–Crippen LogP) is 2.11. The highest BCUT2D eigenvalue weighted by Crippen LogP contribution is 2.34. The van der Waals surface area contributed by atoms with Crippen LogP contribution < -0.4 is 5.32 Å². The molecule has 0 bridgehead atoms. The van der Waals surface area contributed by atoms with Crippen molar-refractivity contribution >= 4 is 5.97 Å². The van der Waals surface area contributed by atoms with Crippen LogP contribution in [0.15, 0.2) is 0 Å². The summed E-state index contributed by atoms with van der Waals surface area (Å²) in [5, 5.41) is 3.31. The highest BCUT2D eigenvalue weighted by atomic mass is 16.5. The molecule has 2 atom stereocenters. The van der Waals surface area contributed by atoms with Crippen molar-refractivity contribution in [1.82, 2.24) is 5.32 Å². The maximum absolute atomic E-state index is 11.6. The third-order valence-electron chi connectivity index (χ3n) is 4.05. The zero-order chi connectivity index (χ0) is 11.4. The van der Waals surface area contributed by atoms with Gasteiger partial charge in [0, 0.05) is 0 Å². The van der Waals surface area contributed by atoms with Gasteiger partial charge in [-0.3, -0.25) is 4.79 Å². The van der Waals surface area contributed by atoms with Gasteiger partial charge in [0.15, 0.2) is 0 Å². The molecule has 2 unspecified atom stereocenters. The van der Waals surface area contributed by atoms with Crippen molar-refractivity contribution in [3.63, 3.8) is 0 Å². The smallest absolute Gasteiger partial charge is 0.323 e. The van der Waals surface area contributed by atoms with E-state index in [4.69, 9.17) is 4.74 Å². The molecule has 3 nitrogen and oxygen atoms in total. The molecule has 0 spiro atoms. The largest absolute Gasteiger partial charge is 0.465 e. The SMILES string of the molecule is CCOC(=O)C1CC(C2CCCCC2)CN1. The summed E-state index contributed by atoms with van der Waals surface area (Å²) >= 11 is 0. The first kappa shape index (κ1) is 11.9. The summed E-state index contributed by atoms with van der Waals surface area (Å²) in [6.45, 7) is 3.37. The fourth-order valence-electron chi connectivity index (χ4n) is 3.15. The van der Waals surface area contributed by atoms with Crippen molar-refractivity contribution in [1.29, 1.82) is 0 Å². The molecule has 0 radical (unpaired) electrons. The second-order valence-electron chi connectivity index (χ2n) is 5.11. The number of hydrogen-bond donors (Lipinski definition) is 1. The van der Waals surface area contributed by atoms with Gasteiger partial charge < -0.3 is 10.1 Å². The number of hydrogen-bond acceptors (Lipinski definition) is 3. The van der Waals surface area contributed by atoms with E-state index >= 15 is 0 Å². The summed E-state index contributed by atoms with van der Waals surface area (Å²) in [6, 6.07) is -0.0353. The molecule has 1 N–H and O–H groups in total. The molecule has 1 aliphatic heterocycles. The van der Waals surface area contributed by atoms with Crippen molar-refractivity contribution in [2.45, 2.75) is 51.5 Å². The molecule has 2 aliphatic rings. The molecule has 16 heavy (non-hydrogen) atoms. The maximum Gasteiger partial charge on any atom is 0.323 e. The van der Waals surface area contributed by atoms with Crippen molar-refractivity contribution in [2.24, 2.45) is 11.8 Å². The summed E-state index contributed by atoms with van der Waals surface area (Å²) in [6.07, 6.45) is 7.88. The molecule has 1 heterocycles. The van der Waals surface area contributed by atoms with E-state index in [9.17, 15) is 4.79 Å². The first-order valence-electron chi connectivity index (χ1n) is 6.71. The van der Waals surface area contributed by atoms with Gasteiger partial charge in [0.05, 0.1) is 6.61 Å². The third kappa shape index (κ3) is 2.76. The molecular weight excluding hydrogens is 202 g/mol. The number of carbonyl (C=O) groups excluding carboxylic acids is 1. The quantitative estimate of drug-likeness (QED) is 0.748. The maximum atomic E-state index is 11.6. The second-order valence-corrected chi connectivity index (χ2v) is 5.11. The van der Waals surface area contributed by atoms with E-state index in [0.29, 0.717) is 12.5 Å². The van der Waals surface area contributed by atoms with Crippen LogP contribution in [0.2, 0.25) is 0 Å². The fraction of sp³-hybridized carbons (Fsp3) is 0.923. The average molecular weight is 225 g/mol. The number of nitrogens with one attached hydrogen (secondary N) is 1. The van der Waals surface area contributed by atoms with Crippen LogP contribution in [0.1, 0.15) is 45.4 Å². The molecular formula is C13H23NO2. The monoisotopic (exact) mass is 225 g/mol. The Hall–Kier alpha value is -0.570. The van der Waals surface area contributed by atoms with E-state index in [1.54, 1.807) is 0 Å². The molecule has 0 aromatic carbocycles. The fourth-order valence-corrected chi connectivity index (χ4v) is 3.15. The summed E-state index contributed by atoms with van der Waals surface area (Å²) in [5.74, 6) is 1.50. The zero-order valence-corrected chi connectivity index (χ0v) is 10.2. The number of rotatable bonds is 3. The lowest BCUT2D eigenvalue weighted by atomic mass is 9.79. The van der Waals surface area contributed by atoms with Crippen LogP contribution in [-0.2, 0) is 9.53 Å². The van der Waals surface area contributed by atoms with Crippen LogP contribution in [0.25, 0.3) is 0 Å². The van der Waals surface area contributed by atoms with E-state index < -0.39 is 0 Å². The van der Waals surface area contributed by atoms with E-state index in [-0.39, 0.29) is 12.0 Å². The molecule has 0 amide bonds. The van der Waals surface area contributed by atoms with Gasteiger partial charge in [-0.15, -0.1) is 0 Å². The van der Waals surface area contributed by atoms with Gasteiger partial charge in [-0.05, 0) is 31.7 Å². The number of esters is 1. The Morgan fingerprint density at radius 1 is 1.25 bits per heavy atom. The lowest BCUT2D eigenvalue weighted by Gasteiger charge is -2.26. The Kier molecular flexibility index (Phi) is 4.22. The van der Waals surface area contributed by atoms with Gasteiger partial charge in [-0.2, -0.15) is 0 Å². The van der Waals surface area contributed by atoms with E-state index in [1.807, 2.05) is 6.92 Å². The van der Waals surface area contributed by atoms with Crippen LogP contribution in [0.5, 0.6) is 0 Å². The van der Waals surface area contributed by atoms with Gasteiger partial charge in [0.25, 0.3) is 0 Å². The van der Waals surface area contributed by atoms with Crippen LogP contribution in [0, 0.1) is 11.8 Å². The minimum atomic E-state index is -0.0548. The Morgan fingerprint density at radius 3 is 2.69 bits per heavy atom. The van der Waals surface area contributed by atoms with Crippen molar-refractivity contribution < 1.29 is 9.53 Å². The highest BCUT2D eigenvalue weighted by molar-refractivity contribution is 5.76. The lowest BCUT2D eigenvalue weighted by molar-refractivity contribution is -0.145. The van der Waals surface area contributed by atoms with Crippen molar-refractivity contribution in [2.75, 3.05) is 13.2 Å². The Morgan fingerprint density at radius 2 is 2.00 bits per heavy atom. The number of ether oxygens (including phenoxy) is 1. The minimum absolute atomic E-state index is 0.0353. The molecule has 92 valence electrons. The molecule has 1 saturated heterocycles. The average Bonchev–Trinajstić information content (AvgIpc) is 2.80. The Labute approximate surface area is 97.9 Å². The molecule has 1 aliphatic carbocycles. The van der Waals surface area contributed by atoms with Gasteiger partial charge in [-0.1, -0.05) is 32.1 Å². The van der Waals surface area contributed by atoms with Gasteiger partial charge in [0.2, 0.25) is 0 Å². The van der Waals surface area contributed by atoms with E-state index in [2.05, 4.69) is 5.32 Å². The third-order valence-corrected chi connectivity index (χ3v) is 4.05. The van der Waals surface area contributed by atoms with E-state index in [1.165, 1.54) is 32.1 Å². The van der Waals surface area contributed by atoms with Crippen molar-refractivity contribution in [3.05, 3.63) is 0 Å². The lowest BCUT2D eigenvalue weighted by Crippen LogP contribution is -2.32. The summed E-state index contributed by atoms with van der Waals surface area (Å²) < 4.78 is 5.06. The number of carbonyl (C=O) groups is 1. The normalized spacial score (nSPS) is 31.6. The zero-order valence-electron chi connectivity index (χ0n) is 10.2. The first-order valence-corrected chi connectivity index (χ1v) is 6.71. The molecule has 0 aromatic heterocycles. The van der Waals surface area contributed by atoms with E-state index in [0.717, 1.165) is 18.9 Å². The molecule has 0 aromatic rings. The highest BCUT2D eigenvalue weighted by Gasteiger charge is 2.34. The summed E-state index contributed by atoms with van der Waals surface area (Å²) in [7, 11) is 0. The van der Waals surface area contributed by atoms with Crippen LogP contribution in [-0.4, -0.2) is 25.2 Å². The van der Waals surface area contributed by atoms with Crippen molar-refractivity contribution in [3.8, 4) is 0 Å². The molecule has 2 rings (SSSR count). The second kappa shape index (κ2) is 5.67. The Balaban J connectivity index is 1.80. The minimum Gasteiger partial charge on any atom is -0.465 e. The van der Waals surface area contributed by atoms with Gasteiger partial charge >= 0.3 is 5.97 Å². The van der Waals surface area contributed by atoms with Crippen LogP contribution >= 0.6 is 0 Å². The summed E-state index contributed by atoms with van der Waals surface area (Å²) in [5.41, 5.74) is 0. The molecule has 2 fully saturated rings. The molecule has 1 saturated carbocycles. The van der Waals surface area contributed by atoms with Gasteiger partial charge in [0.1, 0.15) is 6.04 Å². The molecule has 3 heteroatoms. The van der Waals surface area contributed by atoms with Gasteiger partial charge in [-0.25, -0.2) is 0 Å². The Bertz CT molecular complexity index is 236. The van der Waals surface area contributed by atoms with Crippen LogP contribution in [0.4, 0.5) is 0 Å². The first-order chi connectivity index (χ1) is 7.81. The topological polar surface area (TPSA) is 38.3 Å². The van der Waals surface area contributed by atoms with Crippen LogP contribution in [0.3, 0.4) is 0 Å².